The second kappa shape index (κ2) is 7.91. The van der Waals surface area contributed by atoms with Crippen molar-refractivity contribution in [2.24, 2.45) is 0 Å². The van der Waals surface area contributed by atoms with Gasteiger partial charge in [0, 0.05) is 20.3 Å². The molecule has 2 unspecified atom stereocenters. The van der Waals surface area contributed by atoms with E-state index < -0.39 is 15.3 Å². The molecule has 120 valence electrons. The molecule has 2 fully saturated rings. The molecule has 0 spiro atoms. The maximum Gasteiger partial charge on any atom is 0.216 e. The monoisotopic (exact) mass is 328 g/mol. The lowest BCUT2D eigenvalue weighted by molar-refractivity contribution is 0.0982. The molecule has 2 atom stereocenters. The molecular formula is C12H25ClN2O4S. The van der Waals surface area contributed by atoms with Gasteiger partial charge in [-0.3, -0.25) is 0 Å². The summed E-state index contributed by atoms with van der Waals surface area (Å²) in [5, 5.41) is 2.95. The number of methoxy groups -OCH3 is 1. The number of nitrogens with one attached hydrogen (secondary N) is 2. The first-order chi connectivity index (χ1) is 9.08. The van der Waals surface area contributed by atoms with E-state index in [9.17, 15) is 8.42 Å². The second-order valence-corrected chi connectivity index (χ2v) is 7.49. The summed E-state index contributed by atoms with van der Waals surface area (Å²) in [6.45, 7) is 2.80. The van der Waals surface area contributed by atoms with Crippen LogP contribution >= 0.6 is 12.4 Å². The Labute approximate surface area is 127 Å². The van der Waals surface area contributed by atoms with E-state index in [0.717, 1.165) is 25.8 Å². The predicted molar refractivity (Wildman–Crippen MR) is 79.9 cm³/mol. The van der Waals surface area contributed by atoms with Gasteiger partial charge in [-0.1, -0.05) is 0 Å². The van der Waals surface area contributed by atoms with Gasteiger partial charge in [-0.05, 0) is 32.2 Å². The minimum absolute atomic E-state index is 0. The van der Waals surface area contributed by atoms with Crippen molar-refractivity contribution in [1.82, 2.24) is 10.0 Å². The predicted octanol–water partition coefficient (Wildman–Crippen LogP) is 0.275. The zero-order valence-corrected chi connectivity index (χ0v) is 13.5. The van der Waals surface area contributed by atoms with E-state index in [-0.39, 0.29) is 17.9 Å². The summed E-state index contributed by atoms with van der Waals surface area (Å²) >= 11 is 0. The van der Waals surface area contributed by atoms with Crippen LogP contribution in [0.15, 0.2) is 0 Å². The van der Waals surface area contributed by atoms with E-state index in [0.29, 0.717) is 32.8 Å². The third kappa shape index (κ3) is 4.54. The number of ether oxygens (including phenoxy) is 2. The van der Waals surface area contributed by atoms with Crippen LogP contribution in [0.4, 0.5) is 0 Å². The van der Waals surface area contributed by atoms with Crippen molar-refractivity contribution in [3.8, 4) is 0 Å². The average molecular weight is 329 g/mol. The van der Waals surface area contributed by atoms with Gasteiger partial charge < -0.3 is 14.8 Å². The molecule has 0 amide bonds. The summed E-state index contributed by atoms with van der Waals surface area (Å²) in [7, 11) is -1.65. The number of sulfonamides is 1. The Bertz CT molecular complexity index is 379. The molecule has 0 aromatic heterocycles. The van der Waals surface area contributed by atoms with Crippen LogP contribution in [-0.2, 0) is 19.5 Å². The van der Waals surface area contributed by atoms with E-state index in [1.807, 2.05) is 0 Å². The highest BCUT2D eigenvalue weighted by Gasteiger charge is 2.36. The van der Waals surface area contributed by atoms with Crippen LogP contribution in [0, 0.1) is 0 Å². The smallest absolute Gasteiger partial charge is 0.216 e. The lowest BCUT2D eigenvalue weighted by atomic mass is 9.99. The summed E-state index contributed by atoms with van der Waals surface area (Å²) in [5.41, 5.74) is -0.253. The van der Waals surface area contributed by atoms with Crippen LogP contribution in [0.3, 0.4) is 0 Å². The SMILES string of the molecule is COCC1(CNS(=O)(=O)C2CCCOC2)CCCN1.Cl. The molecule has 20 heavy (non-hydrogen) atoms. The Morgan fingerprint density at radius 1 is 1.45 bits per heavy atom. The van der Waals surface area contributed by atoms with Crippen LogP contribution in [0.2, 0.25) is 0 Å². The van der Waals surface area contributed by atoms with Crippen molar-refractivity contribution in [2.45, 2.75) is 36.5 Å². The fourth-order valence-electron chi connectivity index (χ4n) is 2.78. The van der Waals surface area contributed by atoms with Gasteiger partial charge in [0.2, 0.25) is 10.0 Å². The van der Waals surface area contributed by atoms with Gasteiger partial charge in [-0.15, -0.1) is 12.4 Å². The Morgan fingerprint density at radius 3 is 2.80 bits per heavy atom. The average Bonchev–Trinajstić information content (AvgIpc) is 2.87. The van der Waals surface area contributed by atoms with Crippen molar-refractivity contribution in [3.05, 3.63) is 0 Å². The van der Waals surface area contributed by atoms with E-state index in [2.05, 4.69) is 10.0 Å². The lowest BCUT2D eigenvalue weighted by Gasteiger charge is -2.30. The van der Waals surface area contributed by atoms with Gasteiger partial charge in [0.05, 0.1) is 24.0 Å². The van der Waals surface area contributed by atoms with Crippen molar-refractivity contribution in [1.29, 1.82) is 0 Å². The minimum atomic E-state index is -3.30. The van der Waals surface area contributed by atoms with Gasteiger partial charge in [-0.25, -0.2) is 13.1 Å². The van der Waals surface area contributed by atoms with E-state index in [4.69, 9.17) is 9.47 Å². The summed E-state index contributed by atoms with van der Waals surface area (Å²) in [4.78, 5) is 0. The van der Waals surface area contributed by atoms with Gasteiger partial charge in [-0.2, -0.15) is 0 Å². The standard InChI is InChI=1S/C12H24N2O4S.ClH/c1-17-10-12(5-3-6-13-12)9-14-19(15,16)11-4-2-7-18-8-11;/h11,13-14H,2-10H2,1H3;1H. The van der Waals surface area contributed by atoms with Gasteiger partial charge in [0.1, 0.15) is 0 Å². The van der Waals surface area contributed by atoms with Crippen molar-refractivity contribution >= 4 is 22.4 Å². The molecule has 8 heteroatoms. The summed E-state index contributed by atoms with van der Waals surface area (Å²) in [6.07, 6.45) is 3.48. The van der Waals surface area contributed by atoms with E-state index in [1.54, 1.807) is 7.11 Å². The highest BCUT2D eigenvalue weighted by molar-refractivity contribution is 7.90. The molecule has 2 N–H and O–H groups in total. The van der Waals surface area contributed by atoms with Crippen molar-refractivity contribution in [3.63, 3.8) is 0 Å². The van der Waals surface area contributed by atoms with Gasteiger partial charge >= 0.3 is 0 Å². The van der Waals surface area contributed by atoms with Crippen LogP contribution in [0.1, 0.15) is 25.7 Å². The minimum Gasteiger partial charge on any atom is -0.383 e. The molecular weight excluding hydrogens is 304 g/mol. The number of halogens is 1. The van der Waals surface area contributed by atoms with Gasteiger partial charge in [0.25, 0.3) is 0 Å². The first-order valence-electron chi connectivity index (χ1n) is 6.88. The molecule has 0 aromatic carbocycles. The summed E-state index contributed by atoms with van der Waals surface area (Å²) < 4.78 is 37.7. The Kier molecular flexibility index (Phi) is 7.17. The van der Waals surface area contributed by atoms with E-state index >= 15 is 0 Å². The Hall–Kier alpha value is 0.0800. The van der Waals surface area contributed by atoms with Crippen LogP contribution < -0.4 is 10.0 Å². The first kappa shape index (κ1) is 18.1. The third-order valence-corrected chi connectivity index (χ3v) is 5.72. The highest BCUT2D eigenvalue weighted by Crippen LogP contribution is 2.20. The molecule has 6 nitrogen and oxygen atoms in total. The molecule has 0 aliphatic carbocycles. The highest BCUT2D eigenvalue weighted by atomic mass is 35.5. The molecule has 0 radical (unpaired) electrons. The molecule has 2 aliphatic heterocycles. The van der Waals surface area contributed by atoms with Crippen LogP contribution in [-0.4, -0.2) is 59.2 Å². The zero-order chi connectivity index (χ0) is 13.8. The molecule has 0 aromatic rings. The Balaban J connectivity index is 0.00000200. The van der Waals surface area contributed by atoms with Gasteiger partial charge in [0.15, 0.2) is 0 Å². The molecule has 0 bridgehead atoms. The fourth-order valence-corrected chi connectivity index (χ4v) is 4.25. The largest absolute Gasteiger partial charge is 0.383 e. The quantitative estimate of drug-likeness (QED) is 0.732. The second-order valence-electron chi connectivity index (χ2n) is 5.45. The Morgan fingerprint density at radius 2 is 2.25 bits per heavy atom. The maximum atomic E-state index is 12.2. The third-order valence-electron chi connectivity index (χ3n) is 3.92. The van der Waals surface area contributed by atoms with Crippen LogP contribution in [0.5, 0.6) is 0 Å². The summed E-state index contributed by atoms with van der Waals surface area (Å²) in [6, 6.07) is 0. The normalized spacial score (nSPS) is 30.9. The fraction of sp³-hybridized carbons (Fsp3) is 1.00. The zero-order valence-electron chi connectivity index (χ0n) is 11.9. The topological polar surface area (TPSA) is 76.7 Å². The molecule has 2 aliphatic rings. The van der Waals surface area contributed by atoms with E-state index in [1.165, 1.54) is 0 Å². The van der Waals surface area contributed by atoms with Crippen molar-refractivity contribution < 1.29 is 17.9 Å². The van der Waals surface area contributed by atoms with Crippen LogP contribution in [0.25, 0.3) is 0 Å². The van der Waals surface area contributed by atoms with Crippen molar-refractivity contribution in [2.75, 3.05) is 40.0 Å². The maximum absolute atomic E-state index is 12.2. The summed E-state index contributed by atoms with van der Waals surface area (Å²) in [5.74, 6) is 0. The molecule has 2 rings (SSSR count). The lowest BCUT2D eigenvalue weighted by Crippen LogP contribution is -2.54. The number of rotatable bonds is 6. The first-order valence-corrected chi connectivity index (χ1v) is 8.43. The number of hydrogen-bond donors (Lipinski definition) is 2. The number of hydrogen-bond acceptors (Lipinski definition) is 5. The molecule has 2 saturated heterocycles. The molecule has 0 saturated carbocycles. The molecule has 2 heterocycles.